The van der Waals surface area contributed by atoms with Gasteiger partial charge in [0.25, 0.3) is 0 Å². The second kappa shape index (κ2) is 6.33. The van der Waals surface area contributed by atoms with Crippen molar-refractivity contribution in [1.29, 1.82) is 0 Å². The molecular formula is C16H24FN. The van der Waals surface area contributed by atoms with Gasteiger partial charge in [-0.2, -0.15) is 0 Å². The Morgan fingerprint density at radius 3 is 2.67 bits per heavy atom. The first-order chi connectivity index (χ1) is 8.66. The Kier molecular flexibility index (Phi) is 4.76. The standard InChI is InChI=1S/C16H24FN/c1-12-8-9-15(10-16(12)17)13(2)18-11-14-6-4-3-5-7-14/h8-10,13-14,18H,3-7,11H2,1-2H3. The van der Waals surface area contributed by atoms with Crippen molar-refractivity contribution in [1.82, 2.24) is 5.32 Å². The Labute approximate surface area is 110 Å². The molecule has 1 aliphatic carbocycles. The van der Waals surface area contributed by atoms with Gasteiger partial charge in [0.2, 0.25) is 0 Å². The molecule has 0 aromatic heterocycles. The van der Waals surface area contributed by atoms with Gasteiger partial charge in [-0.1, -0.05) is 31.4 Å². The Bertz CT molecular complexity index is 383. The average Bonchev–Trinajstić information content (AvgIpc) is 2.40. The van der Waals surface area contributed by atoms with Crippen LogP contribution in [0.2, 0.25) is 0 Å². The van der Waals surface area contributed by atoms with Gasteiger partial charge in [-0.25, -0.2) is 4.39 Å². The van der Waals surface area contributed by atoms with E-state index in [0.29, 0.717) is 0 Å². The molecule has 1 aliphatic rings. The zero-order valence-electron chi connectivity index (χ0n) is 11.5. The lowest BCUT2D eigenvalue weighted by Crippen LogP contribution is -2.27. The highest BCUT2D eigenvalue weighted by molar-refractivity contribution is 5.25. The molecule has 1 aromatic carbocycles. The zero-order valence-corrected chi connectivity index (χ0v) is 11.5. The maximum absolute atomic E-state index is 13.5. The first-order valence-electron chi connectivity index (χ1n) is 7.16. The number of hydrogen-bond acceptors (Lipinski definition) is 1. The number of aryl methyl sites for hydroxylation is 1. The highest BCUT2D eigenvalue weighted by Gasteiger charge is 2.15. The second-order valence-corrected chi connectivity index (χ2v) is 5.64. The normalized spacial score (nSPS) is 18.8. The van der Waals surface area contributed by atoms with Crippen LogP contribution < -0.4 is 5.32 Å². The predicted octanol–water partition coefficient (Wildman–Crippen LogP) is 4.37. The smallest absolute Gasteiger partial charge is 0.126 e. The number of halogens is 1. The first kappa shape index (κ1) is 13.5. The van der Waals surface area contributed by atoms with E-state index in [1.54, 1.807) is 13.0 Å². The van der Waals surface area contributed by atoms with E-state index in [1.165, 1.54) is 32.1 Å². The van der Waals surface area contributed by atoms with E-state index in [4.69, 9.17) is 0 Å². The Balaban J connectivity index is 1.86. The summed E-state index contributed by atoms with van der Waals surface area (Å²) in [5.41, 5.74) is 1.77. The van der Waals surface area contributed by atoms with Crippen LogP contribution in [0.3, 0.4) is 0 Å². The van der Waals surface area contributed by atoms with Crippen molar-refractivity contribution in [3.63, 3.8) is 0 Å². The van der Waals surface area contributed by atoms with Crippen LogP contribution in [-0.2, 0) is 0 Å². The van der Waals surface area contributed by atoms with Crippen molar-refractivity contribution in [3.8, 4) is 0 Å². The number of hydrogen-bond donors (Lipinski definition) is 1. The van der Waals surface area contributed by atoms with E-state index in [0.717, 1.165) is 23.6 Å². The predicted molar refractivity (Wildman–Crippen MR) is 74.1 cm³/mol. The number of rotatable bonds is 4. The maximum atomic E-state index is 13.5. The molecular weight excluding hydrogens is 225 g/mol. The maximum Gasteiger partial charge on any atom is 0.126 e. The highest BCUT2D eigenvalue weighted by atomic mass is 19.1. The van der Waals surface area contributed by atoms with Gasteiger partial charge in [-0.15, -0.1) is 0 Å². The van der Waals surface area contributed by atoms with Crippen LogP contribution in [-0.4, -0.2) is 6.54 Å². The molecule has 0 heterocycles. The molecule has 1 atom stereocenters. The van der Waals surface area contributed by atoms with Crippen LogP contribution in [0.15, 0.2) is 18.2 Å². The second-order valence-electron chi connectivity index (χ2n) is 5.64. The molecule has 2 heteroatoms. The minimum Gasteiger partial charge on any atom is -0.310 e. The molecule has 100 valence electrons. The Morgan fingerprint density at radius 1 is 1.28 bits per heavy atom. The average molecular weight is 249 g/mol. The van der Waals surface area contributed by atoms with Gasteiger partial charge in [0, 0.05) is 6.04 Å². The lowest BCUT2D eigenvalue weighted by molar-refractivity contribution is 0.331. The van der Waals surface area contributed by atoms with Crippen molar-refractivity contribution in [2.75, 3.05) is 6.54 Å². The fourth-order valence-electron chi connectivity index (χ4n) is 2.73. The Morgan fingerprint density at radius 2 is 2.00 bits per heavy atom. The molecule has 2 rings (SSSR count). The monoisotopic (exact) mass is 249 g/mol. The van der Waals surface area contributed by atoms with Crippen LogP contribution in [0.1, 0.15) is 56.2 Å². The molecule has 0 radical (unpaired) electrons. The summed E-state index contributed by atoms with van der Waals surface area (Å²) in [5.74, 6) is 0.718. The third kappa shape index (κ3) is 3.55. The molecule has 1 N–H and O–H groups in total. The van der Waals surface area contributed by atoms with Crippen LogP contribution in [0.5, 0.6) is 0 Å². The van der Waals surface area contributed by atoms with Gasteiger partial charge in [0.1, 0.15) is 5.82 Å². The Hall–Kier alpha value is -0.890. The molecule has 1 saturated carbocycles. The van der Waals surface area contributed by atoms with Gasteiger partial charge < -0.3 is 5.32 Å². The molecule has 0 amide bonds. The molecule has 1 nitrogen and oxygen atoms in total. The summed E-state index contributed by atoms with van der Waals surface area (Å²) >= 11 is 0. The van der Waals surface area contributed by atoms with Gasteiger partial charge >= 0.3 is 0 Å². The van der Waals surface area contributed by atoms with Crippen LogP contribution in [0, 0.1) is 18.7 Å². The lowest BCUT2D eigenvalue weighted by atomic mass is 9.89. The fraction of sp³-hybridized carbons (Fsp3) is 0.625. The van der Waals surface area contributed by atoms with Crippen molar-refractivity contribution < 1.29 is 4.39 Å². The minimum absolute atomic E-state index is 0.0983. The van der Waals surface area contributed by atoms with Crippen molar-refractivity contribution in [2.24, 2.45) is 5.92 Å². The van der Waals surface area contributed by atoms with Crippen molar-refractivity contribution in [3.05, 3.63) is 35.1 Å². The molecule has 0 aliphatic heterocycles. The van der Waals surface area contributed by atoms with Gasteiger partial charge in [-0.3, -0.25) is 0 Å². The van der Waals surface area contributed by atoms with E-state index in [1.807, 2.05) is 12.1 Å². The third-order valence-corrected chi connectivity index (χ3v) is 4.13. The molecule has 0 saturated heterocycles. The molecule has 1 fully saturated rings. The van der Waals surface area contributed by atoms with Crippen molar-refractivity contribution >= 4 is 0 Å². The SMILES string of the molecule is Cc1ccc(C(C)NCC2CCCCC2)cc1F. The summed E-state index contributed by atoms with van der Waals surface area (Å²) in [5, 5.41) is 3.55. The minimum atomic E-state index is -0.0983. The van der Waals surface area contributed by atoms with E-state index in [9.17, 15) is 4.39 Å². The molecule has 18 heavy (non-hydrogen) atoms. The van der Waals surface area contributed by atoms with Gasteiger partial charge in [0.05, 0.1) is 0 Å². The van der Waals surface area contributed by atoms with E-state index >= 15 is 0 Å². The van der Waals surface area contributed by atoms with Gasteiger partial charge in [0.15, 0.2) is 0 Å². The first-order valence-corrected chi connectivity index (χ1v) is 7.16. The van der Waals surface area contributed by atoms with E-state index in [-0.39, 0.29) is 11.9 Å². The van der Waals surface area contributed by atoms with E-state index < -0.39 is 0 Å². The summed E-state index contributed by atoms with van der Waals surface area (Å²) < 4.78 is 13.5. The van der Waals surface area contributed by atoms with Crippen LogP contribution >= 0.6 is 0 Å². The third-order valence-electron chi connectivity index (χ3n) is 4.13. The summed E-state index contributed by atoms with van der Waals surface area (Å²) in [4.78, 5) is 0. The lowest BCUT2D eigenvalue weighted by Gasteiger charge is -2.24. The molecule has 0 spiro atoms. The summed E-state index contributed by atoms with van der Waals surface area (Å²) in [6.07, 6.45) is 6.85. The zero-order chi connectivity index (χ0) is 13.0. The summed E-state index contributed by atoms with van der Waals surface area (Å²) in [6.45, 7) is 4.99. The summed E-state index contributed by atoms with van der Waals surface area (Å²) in [7, 11) is 0. The molecule has 1 aromatic rings. The topological polar surface area (TPSA) is 12.0 Å². The van der Waals surface area contributed by atoms with E-state index in [2.05, 4.69) is 12.2 Å². The number of benzene rings is 1. The quantitative estimate of drug-likeness (QED) is 0.835. The van der Waals surface area contributed by atoms with Crippen LogP contribution in [0.4, 0.5) is 4.39 Å². The fourth-order valence-corrected chi connectivity index (χ4v) is 2.73. The van der Waals surface area contributed by atoms with Crippen LogP contribution in [0.25, 0.3) is 0 Å². The highest BCUT2D eigenvalue weighted by Crippen LogP contribution is 2.24. The summed E-state index contributed by atoms with van der Waals surface area (Å²) in [6, 6.07) is 5.79. The van der Waals surface area contributed by atoms with Crippen molar-refractivity contribution in [2.45, 2.75) is 52.0 Å². The molecule has 1 unspecified atom stereocenters. The number of nitrogens with one attached hydrogen (secondary N) is 1. The molecule has 0 bridgehead atoms. The van der Waals surface area contributed by atoms with Gasteiger partial charge in [-0.05, 0) is 56.3 Å². The largest absolute Gasteiger partial charge is 0.310 e.